The van der Waals surface area contributed by atoms with Crippen LogP contribution in [0, 0.1) is 5.82 Å². The molecule has 1 fully saturated rings. The van der Waals surface area contributed by atoms with E-state index in [9.17, 15) is 18.8 Å². The lowest BCUT2D eigenvalue weighted by atomic mass is 10.0. The van der Waals surface area contributed by atoms with Gasteiger partial charge in [0.05, 0.1) is 10.6 Å². The molecule has 4 N–H and O–H groups in total. The molecular formula is C21H18ClFN4O3S. The van der Waals surface area contributed by atoms with Crippen molar-refractivity contribution in [3.05, 3.63) is 65.0 Å². The molecule has 3 amide bonds. The maximum absolute atomic E-state index is 13.2. The van der Waals surface area contributed by atoms with Crippen LogP contribution in [-0.2, 0) is 9.59 Å². The van der Waals surface area contributed by atoms with Crippen molar-refractivity contribution in [3.63, 3.8) is 0 Å². The van der Waals surface area contributed by atoms with E-state index in [4.69, 9.17) is 11.6 Å². The molecular weight excluding hydrogens is 443 g/mol. The van der Waals surface area contributed by atoms with Crippen LogP contribution in [0.1, 0.15) is 16.8 Å². The molecule has 10 heteroatoms. The van der Waals surface area contributed by atoms with Crippen LogP contribution < -0.4 is 21.3 Å². The highest BCUT2D eigenvalue weighted by Crippen LogP contribution is 2.35. The monoisotopic (exact) mass is 460 g/mol. The predicted octanol–water partition coefficient (Wildman–Crippen LogP) is 3.60. The van der Waals surface area contributed by atoms with Gasteiger partial charge in [0, 0.05) is 35.0 Å². The number of thioether (sulfide) groups is 1. The summed E-state index contributed by atoms with van der Waals surface area (Å²) >= 11 is 7.45. The van der Waals surface area contributed by atoms with Crippen molar-refractivity contribution >= 4 is 58.1 Å². The summed E-state index contributed by atoms with van der Waals surface area (Å²) in [5.41, 5.74) is 1.47. The Balaban J connectivity index is 1.37. The van der Waals surface area contributed by atoms with E-state index in [1.165, 1.54) is 12.1 Å². The number of carbonyl (C=O) groups is 3. The molecule has 1 spiro atoms. The Hall–Kier alpha value is -3.04. The normalized spacial score (nSPS) is 19.6. The summed E-state index contributed by atoms with van der Waals surface area (Å²) < 4.78 is 13.2. The van der Waals surface area contributed by atoms with Crippen LogP contribution >= 0.6 is 23.4 Å². The van der Waals surface area contributed by atoms with Gasteiger partial charge in [0.25, 0.3) is 5.91 Å². The molecule has 0 aliphatic carbocycles. The summed E-state index contributed by atoms with van der Waals surface area (Å²) in [5.74, 6) is -0.133. The first kappa shape index (κ1) is 21.2. The first-order chi connectivity index (χ1) is 14.8. The van der Waals surface area contributed by atoms with Crippen LogP contribution in [0.2, 0.25) is 5.02 Å². The molecule has 2 aromatic rings. The second-order valence-corrected chi connectivity index (χ2v) is 8.68. The van der Waals surface area contributed by atoms with Crippen LogP contribution in [0.4, 0.5) is 21.5 Å². The molecule has 2 aliphatic rings. The van der Waals surface area contributed by atoms with Crippen molar-refractivity contribution < 1.29 is 18.8 Å². The lowest BCUT2D eigenvalue weighted by molar-refractivity contribution is -0.114. The van der Waals surface area contributed by atoms with Crippen LogP contribution in [0.3, 0.4) is 0 Å². The zero-order valence-corrected chi connectivity index (χ0v) is 17.7. The van der Waals surface area contributed by atoms with Crippen LogP contribution in [0.25, 0.3) is 0 Å². The van der Waals surface area contributed by atoms with E-state index in [-0.39, 0.29) is 10.9 Å². The molecule has 0 saturated carbocycles. The Morgan fingerprint density at radius 3 is 2.39 bits per heavy atom. The number of benzene rings is 2. The van der Waals surface area contributed by atoms with Crippen molar-refractivity contribution in [1.82, 2.24) is 5.32 Å². The molecule has 1 unspecified atom stereocenters. The zero-order chi connectivity index (χ0) is 22.0. The number of amides is 3. The summed E-state index contributed by atoms with van der Waals surface area (Å²) in [6.07, 6.45) is 2.95. The Bertz CT molecular complexity index is 1100. The molecule has 4 rings (SSSR count). The molecule has 2 aromatic carbocycles. The number of hydrogen-bond donors (Lipinski definition) is 4. The highest BCUT2D eigenvalue weighted by molar-refractivity contribution is 7.99. The van der Waals surface area contributed by atoms with Gasteiger partial charge in [-0.1, -0.05) is 11.6 Å². The number of halogens is 2. The van der Waals surface area contributed by atoms with Crippen LogP contribution in [-0.4, -0.2) is 34.9 Å². The van der Waals surface area contributed by atoms with E-state index in [1.807, 2.05) is 0 Å². The predicted molar refractivity (Wildman–Crippen MR) is 120 cm³/mol. The van der Waals surface area contributed by atoms with Gasteiger partial charge >= 0.3 is 0 Å². The third-order valence-corrected chi connectivity index (χ3v) is 6.33. The number of rotatable bonds is 4. The summed E-state index contributed by atoms with van der Waals surface area (Å²) in [6.45, 7) is 0. The molecule has 1 saturated heterocycles. The van der Waals surface area contributed by atoms with Crippen molar-refractivity contribution in [2.75, 3.05) is 27.5 Å². The molecule has 0 radical (unpaired) electrons. The van der Waals surface area contributed by atoms with Crippen LogP contribution in [0.15, 0.2) is 48.6 Å². The molecule has 160 valence electrons. The third kappa shape index (κ3) is 4.83. The van der Waals surface area contributed by atoms with Gasteiger partial charge in [-0.25, -0.2) is 4.39 Å². The number of carbonyl (C=O) groups excluding carboxylic acids is 3. The minimum Gasteiger partial charge on any atom is -0.361 e. The fourth-order valence-corrected chi connectivity index (χ4v) is 4.80. The largest absolute Gasteiger partial charge is 0.361 e. The molecule has 2 heterocycles. The fraction of sp³-hybridized carbons (Fsp3) is 0.190. The van der Waals surface area contributed by atoms with E-state index < -0.39 is 23.3 Å². The first-order valence-corrected chi connectivity index (χ1v) is 10.9. The second kappa shape index (κ2) is 8.60. The number of hydrogen-bond acceptors (Lipinski definition) is 5. The van der Waals surface area contributed by atoms with Crippen molar-refractivity contribution in [2.24, 2.45) is 0 Å². The van der Waals surface area contributed by atoms with Gasteiger partial charge in [-0.05, 0) is 48.6 Å². The lowest BCUT2D eigenvalue weighted by Crippen LogP contribution is -2.57. The molecule has 31 heavy (non-hydrogen) atoms. The van der Waals surface area contributed by atoms with Gasteiger partial charge < -0.3 is 21.3 Å². The molecule has 2 aliphatic heterocycles. The Morgan fingerprint density at radius 1 is 1.06 bits per heavy atom. The third-order valence-electron chi connectivity index (χ3n) is 4.85. The first-order valence-electron chi connectivity index (χ1n) is 9.41. The molecule has 1 atom stereocenters. The second-order valence-electron chi connectivity index (χ2n) is 7.16. The van der Waals surface area contributed by atoms with Gasteiger partial charge in [-0.2, -0.15) is 11.8 Å². The SMILES string of the molecule is O=C(/C=C/C(=O)Nc1ccc2c(c1)C(=O)NC1(CCSC1)N2)Nc1ccc(F)c(Cl)c1. The Labute approximate surface area is 186 Å². The van der Waals surface area contributed by atoms with Crippen LogP contribution in [0.5, 0.6) is 0 Å². The van der Waals surface area contributed by atoms with E-state index in [0.29, 0.717) is 16.9 Å². The maximum atomic E-state index is 13.2. The summed E-state index contributed by atoms with van der Waals surface area (Å²) in [6, 6.07) is 8.77. The number of fused-ring (bicyclic) bond motifs is 1. The quantitative estimate of drug-likeness (QED) is 0.522. The Morgan fingerprint density at radius 2 is 1.74 bits per heavy atom. The topological polar surface area (TPSA) is 99.3 Å². The number of nitrogens with one attached hydrogen (secondary N) is 4. The molecule has 7 nitrogen and oxygen atoms in total. The summed E-state index contributed by atoms with van der Waals surface area (Å²) in [4.78, 5) is 36.6. The van der Waals surface area contributed by atoms with Gasteiger partial charge in [0.15, 0.2) is 0 Å². The van der Waals surface area contributed by atoms with Crippen molar-refractivity contribution in [2.45, 2.75) is 12.1 Å². The van der Waals surface area contributed by atoms with E-state index in [0.717, 1.165) is 41.8 Å². The number of anilines is 3. The van der Waals surface area contributed by atoms with E-state index >= 15 is 0 Å². The average Bonchev–Trinajstić information content (AvgIpc) is 3.17. The van der Waals surface area contributed by atoms with Gasteiger partial charge in [0.1, 0.15) is 11.5 Å². The van der Waals surface area contributed by atoms with Crippen molar-refractivity contribution in [3.8, 4) is 0 Å². The highest BCUT2D eigenvalue weighted by atomic mass is 35.5. The lowest BCUT2D eigenvalue weighted by Gasteiger charge is -2.37. The van der Waals surface area contributed by atoms with Gasteiger partial charge in [-0.3, -0.25) is 14.4 Å². The Kier molecular flexibility index (Phi) is 5.88. The molecule has 0 bridgehead atoms. The average molecular weight is 461 g/mol. The minimum atomic E-state index is -0.596. The maximum Gasteiger partial charge on any atom is 0.255 e. The highest BCUT2D eigenvalue weighted by Gasteiger charge is 2.40. The van der Waals surface area contributed by atoms with Gasteiger partial charge in [-0.15, -0.1) is 0 Å². The standard InChI is InChI=1S/C21H18ClFN4O3S/c22-15-10-13(1-3-16(15)23)25-19(29)6-5-18(28)24-12-2-4-17-14(9-12)20(30)27-21(26-17)7-8-31-11-21/h1-6,9-10,26H,7-8,11H2,(H,24,28)(H,25,29)(H,27,30)/b6-5+. The minimum absolute atomic E-state index is 0.122. The van der Waals surface area contributed by atoms with Crippen molar-refractivity contribution in [1.29, 1.82) is 0 Å². The zero-order valence-electron chi connectivity index (χ0n) is 16.1. The molecule has 0 aromatic heterocycles. The van der Waals surface area contributed by atoms with E-state index in [2.05, 4.69) is 21.3 Å². The smallest absolute Gasteiger partial charge is 0.255 e. The van der Waals surface area contributed by atoms with Gasteiger partial charge in [0.2, 0.25) is 11.8 Å². The summed E-state index contributed by atoms with van der Waals surface area (Å²) in [7, 11) is 0. The fourth-order valence-electron chi connectivity index (χ4n) is 3.35. The van der Waals surface area contributed by atoms with E-state index in [1.54, 1.807) is 30.0 Å². The summed E-state index contributed by atoms with van der Waals surface area (Å²) in [5, 5.41) is 11.4.